The molecule has 0 unspecified atom stereocenters. The maximum atomic E-state index is 13.3. The van der Waals surface area contributed by atoms with Gasteiger partial charge in [0.05, 0.1) is 28.5 Å². The van der Waals surface area contributed by atoms with Crippen LogP contribution in [0.25, 0.3) is 33.1 Å². The number of halogens is 1. The SMILES string of the molecule is C[C@H](NC(=O)c1ccc2nc(-c3ccc(Cl)cc3)c(CCCCC(=O)O)nc2c1)c1cccc2ccccc12. The Hall–Kier alpha value is -4.29. The number of carboxylic acids is 1. The van der Waals surface area contributed by atoms with E-state index in [1.807, 2.05) is 61.5 Å². The summed E-state index contributed by atoms with van der Waals surface area (Å²) in [6.45, 7) is 1.98. The number of carbonyl (C=O) groups is 2. The fourth-order valence-corrected chi connectivity index (χ4v) is 4.93. The van der Waals surface area contributed by atoms with Crippen LogP contribution in [0.4, 0.5) is 0 Å². The number of aromatic nitrogens is 2. The number of aryl methyl sites for hydroxylation is 1. The highest BCUT2D eigenvalue weighted by Crippen LogP contribution is 2.28. The molecule has 0 saturated carbocycles. The van der Waals surface area contributed by atoms with Crippen molar-refractivity contribution in [2.75, 3.05) is 0 Å². The third-order valence-corrected chi connectivity index (χ3v) is 7.06. The Kier molecular flexibility index (Phi) is 7.84. The van der Waals surface area contributed by atoms with Gasteiger partial charge in [0, 0.05) is 22.6 Å². The van der Waals surface area contributed by atoms with Crippen LogP contribution in [0.3, 0.4) is 0 Å². The molecule has 0 fully saturated rings. The number of benzene rings is 4. The highest BCUT2D eigenvalue weighted by molar-refractivity contribution is 6.30. The maximum absolute atomic E-state index is 13.3. The van der Waals surface area contributed by atoms with Gasteiger partial charge in [-0.3, -0.25) is 9.59 Å². The molecule has 0 radical (unpaired) electrons. The van der Waals surface area contributed by atoms with E-state index in [9.17, 15) is 9.59 Å². The van der Waals surface area contributed by atoms with Crippen molar-refractivity contribution in [3.63, 3.8) is 0 Å². The highest BCUT2D eigenvalue weighted by atomic mass is 35.5. The summed E-state index contributed by atoms with van der Waals surface area (Å²) in [6, 6.07) is 26.8. The third-order valence-electron chi connectivity index (χ3n) is 6.81. The van der Waals surface area contributed by atoms with Crippen LogP contribution in [-0.2, 0) is 11.2 Å². The molecule has 5 aromatic rings. The number of rotatable bonds is 9. The second-order valence-corrected chi connectivity index (χ2v) is 10.0. The zero-order valence-corrected chi connectivity index (χ0v) is 22.3. The summed E-state index contributed by atoms with van der Waals surface area (Å²) < 4.78 is 0. The molecule has 0 aliphatic rings. The van der Waals surface area contributed by atoms with Crippen molar-refractivity contribution in [1.82, 2.24) is 15.3 Å². The number of hydrogen-bond donors (Lipinski definition) is 2. The van der Waals surface area contributed by atoms with E-state index in [1.54, 1.807) is 12.1 Å². The van der Waals surface area contributed by atoms with Crippen molar-refractivity contribution in [3.8, 4) is 11.3 Å². The van der Waals surface area contributed by atoms with Gasteiger partial charge in [0.25, 0.3) is 5.91 Å². The molecule has 2 N–H and O–H groups in total. The number of carboxylic acid groups (broad SMARTS) is 1. The zero-order valence-electron chi connectivity index (χ0n) is 21.5. The molecule has 1 heterocycles. The zero-order chi connectivity index (χ0) is 27.4. The molecule has 5 rings (SSSR count). The van der Waals surface area contributed by atoms with E-state index in [0.717, 1.165) is 33.3 Å². The van der Waals surface area contributed by atoms with Crippen LogP contribution in [0.1, 0.15) is 53.8 Å². The monoisotopic (exact) mass is 537 g/mol. The molecule has 7 heteroatoms. The molecular formula is C32H28ClN3O3. The second-order valence-electron chi connectivity index (χ2n) is 9.59. The first kappa shape index (κ1) is 26.3. The molecule has 6 nitrogen and oxygen atoms in total. The molecule has 39 heavy (non-hydrogen) atoms. The lowest BCUT2D eigenvalue weighted by Gasteiger charge is -2.17. The molecule has 196 valence electrons. The topological polar surface area (TPSA) is 92.2 Å². The van der Waals surface area contributed by atoms with Gasteiger partial charge >= 0.3 is 5.97 Å². The molecule has 0 aliphatic carbocycles. The Balaban J connectivity index is 1.43. The van der Waals surface area contributed by atoms with Gasteiger partial charge in [-0.2, -0.15) is 0 Å². The van der Waals surface area contributed by atoms with Crippen molar-refractivity contribution in [1.29, 1.82) is 0 Å². The second kappa shape index (κ2) is 11.6. The number of aliphatic carboxylic acids is 1. The fourth-order valence-electron chi connectivity index (χ4n) is 4.80. The first-order valence-electron chi connectivity index (χ1n) is 13.0. The van der Waals surface area contributed by atoms with Crippen molar-refractivity contribution in [2.24, 2.45) is 0 Å². The average Bonchev–Trinajstić information content (AvgIpc) is 2.94. The molecule has 1 aromatic heterocycles. The minimum Gasteiger partial charge on any atom is -0.481 e. The van der Waals surface area contributed by atoms with Crippen molar-refractivity contribution >= 4 is 45.3 Å². The Morgan fingerprint density at radius 1 is 0.897 bits per heavy atom. The van der Waals surface area contributed by atoms with E-state index in [0.29, 0.717) is 40.9 Å². The number of nitrogens with zero attached hydrogens (tertiary/aromatic N) is 2. The van der Waals surface area contributed by atoms with E-state index < -0.39 is 5.97 Å². The summed E-state index contributed by atoms with van der Waals surface area (Å²) in [5, 5.41) is 15.0. The lowest BCUT2D eigenvalue weighted by molar-refractivity contribution is -0.137. The van der Waals surface area contributed by atoms with Crippen LogP contribution >= 0.6 is 11.6 Å². The van der Waals surface area contributed by atoms with Crippen molar-refractivity contribution in [3.05, 3.63) is 107 Å². The van der Waals surface area contributed by atoms with Crippen LogP contribution in [-0.4, -0.2) is 27.0 Å². The minimum absolute atomic E-state index is 0.108. The molecule has 0 saturated heterocycles. The van der Waals surface area contributed by atoms with Crippen LogP contribution in [0.5, 0.6) is 0 Å². The van der Waals surface area contributed by atoms with Gasteiger partial charge in [0.2, 0.25) is 0 Å². The Bertz CT molecular complexity index is 1660. The largest absolute Gasteiger partial charge is 0.481 e. The van der Waals surface area contributed by atoms with Gasteiger partial charge in [-0.15, -0.1) is 0 Å². The van der Waals surface area contributed by atoms with E-state index in [1.165, 1.54) is 0 Å². The first-order chi connectivity index (χ1) is 18.9. The first-order valence-corrected chi connectivity index (χ1v) is 13.3. The summed E-state index contributed by atoms with van der Waals surface area (Å²) >= 11 is 6.09. The van der Waals surface area contributed by atoms with Crippen LogP contribution in [0, 0.1) is 0 Å². The van der Waals surface area contributed by atoms with E-state index >= 15 is 0 Å². The average molecular weight is 538 g/mol. The van der Waals surface area contributed by atoms with Gasteiger partial charge in [-0.05, 0) is 72.9 Å². The molecule has 4 aromatic carbocycles. The smallest absolute Gasteiger partial charge is 0.303 e. The quantitative estimate of drug-likeness (QED) is 0.191. The highest BCUT2D eigenvalue weighted by Gasteiger charge is 2.16. The molecule has 0 aliphatic heterocycles. The number of carbonyl (C=O) groups excluding carboxylic acids is 1. The van der Waals surface area contributed by atoms with Crippen LogP contribution in [0.15, 0.2) is 84.9 Å². The number of hydrogen-bond acceptors (Lipinski definition) is 4. The van der Waals surface area contributed by atoms with Crippen LogP contribution < -0.4 is 5.32 Å². The van der Waals surface area contributed by atoms with Gasteiger partial charge in [0.1, 0.15) is 0 Å². The predicted molar refractivity (Wildman–Crippen MR) is 155 cm³/mol. The number of amides is 1. The van der Waals surface area contributed by atoms with E-state index in [-0.39, 0.29) is 18.4 Å². The van der Waals surface area contributed by atoms with E-state index in [2.05, 4.69) is 23.5 Å². The van der Waals surface area contributed by atoms with Gasteiger partial charge in [-0.25, -0.2) is 9.97 Å². The van der Waals surface area contributed by atoms with Crippen molar-refractivity contribution < 1.29 is 14.7 Å². The molecule has 0 spiro atoms. The van der Waals surface area contributed by atoms with Crippen molar-refractivity contribution in [2.45, 2.75) is 38.6 Å². The standard InChI is InChI=1S/C32H28ClN3O3/c1-20(25-10-6-8-21-7-2-3-9-26(21)25)34-32(39)23-15-18-27-29(19-23)35-28(11-4-5-12-30(37)38)31(36-27)22-13-16-24(33)17-14-22/h2-3,6-10,13-20H,4-5,11-12H2,1H3,(H,34,39)(H,37,38)/t20-/m0/s1. The Morgan fingerprint density at radius 2 is 1.67 bits per heavy atom. The number of nitrogens with one attached hydrogen (secondary N) is 1. The fraction of sp³-hybridized carbons (Fsp3) is 0.188. The summed E-state index contributed by atoms with van der Waals surface area (Å²) in [4.78, 5) is 34.0. The van der Waals surface area contributed by atoms with E-state index in [4.69, 9.17) is 26.7 Å². The molecular weight excluding hydrogens is 510 g/mol. The van der Waals surface area contributed by atoms with Crippen LogP contribution in [0.2, 0.25) is 5.02 Å². The predicted octanol–water partition coefficient (Wildman–Crippen LogP) is 7.39. The summed E-state index contributed by atoms with van der Waals surface area (Å²) in [6.07, 6.45) is 1.89. The maximum Gasteiger partial charge on any atom is 0.303 e. The number of unbranched alkanes of at least 4 members (excludes halogenated alkanes) is 1. The summed E-state index contributed by atoms with van der Waals surface area (Å²) in [5.41, 5.74) is 5.22. The Labute approximate surface area is 231 Å². The Morgan fingerprint density at radius 3 is 2.46 bits per heavy atom. The molecule has 0 bridgehead atoms. The lowest BCUT2D eigenvalue weighted by atomic mass is 9.99. The lowest BCUT2D eigenvalue weighted by Crippen LogP contribution is -2.26. The molecule has 1 amide bonds. The summed E-state index contributed by atoms with van der Waals surface area (Å²) in [7, 11) is 0. The third kappa shape index (κ3) is 6.07. The van der Waals surface area contributed by atoms with Gasteiger partial charge in [-0.1, -0.05) is 66.2 Å². The summed E-state index contributed by atoms with van der Waals surface area (Å²) in [5.74, 6) is -1.00. The van der Waals surface area contributed by atoms with Gasteiger partial charge < -0.3 is 10.4 Å². The number of fused-ring (bicyclic) bond motifs is 2. The van der Waals surface area contributed by atoms with Gasteiger partial charge in [0.15, 0.2) is 0 Å². The molecule has 1 atom stereocenters. The minimum atomic E-state index is -0.814. The normalized spacial score (nSPS) is 11.9.